The Bertz CT molecular complexity index is 172. The first-order valence-corrected chi connectivity index (χ1v) is 4.02. The minimum atomic E-state index is 0.139. The van der Waals surface area contributed by atoms with Gasteiger partial charge < -0.3 is 4.74 Å². The minimum absolute atomic E-state index is 0.139. The molecule has 1 fully saturated rings. The number of carbonyl (C=O) groups is 1. The van der Waals surface area contributed by atoms with Crippen molar-refractivity contribution in [1.29, 1.82) is 0 Å². The van der Waals surface area contributed by atoms with Crippen LogP contribution in [0.2, 0.25) is 0 Å². The van der Waals surface area contributed by atoms with E-state index >= 15 is 0 Å². The van der Waals surface area contributed by atoms with E-state index in [2.05, 4.69) is 13.8 Å². The van der Waals surface area contributed by atoms with Gasteiger partial charge in [0.2, 0.25) is 0 Å². The Morgan fingerprint density at radius 3 is 2.27 bits per heavy atom. The molecule has 0 heterocycles. The average molecular weight is 156 g/mol. The summed E-state index contributed by atoms with van der Waals surface area (Å²) in [4.78, 5) is 11.0. The van der Waals surface area contributed by atoms with Crippen molar-refractivity contribution in [2.45, 2.75) is 33.3 Å². The molecule has 0 aromatic carbocycles. The van der Waals surface area contributed by atoms with Gasteiger partial charge in [-0.2, -0.15) is 0 Å². The van der Waals surface area contributed by atoms with Gasteiger partial charge >= 0.3 is 0 Å². The van der Waals surface area contributed by atoms with E-state index in [0.717, 1.165) is 6.42 Å². The predicted molar refractivity (Wildman–Crippen MR) is 43.4 cm³/mol. The third kappa shape index (κ3) is 1.32. The monoisotopic (exact) mass is 156 g/mol. The Hall–Kier alpha value is -0.370. The van der Waals surface area contributed by atoms with E-state index in [1.165, 1.54) is 0 Å². The predicted octanol–water partition coefficient (Wildman–Crippen LogP) is 1.64. The van der Waals surface area contributed by atoms with Gasteiger partial charge in [-0.05, 0) is 18.8 Å². The number of hydrogen-bond donors (Lipinski definition) is 0. The highest BCUT2D eigenvalue weighted by molar-refractivity contribution is 5.80. The van der Waals surface area contributed by atoms with Crippen LogP contribution in [-0.2, 0) is 9.53 Å². The molecular formula is C9H16O2. The first kappa shape index (κ1) is 8.72. The van der Waals surface area contributed by atoms with Crippen molar-refractivity contribution >= 4 is 5.78 Å². The third-order valence-corrected chi connectivity index (χ3v) is 2.66. The fourth-order valence-corrected chi connectivity index (χ4v) is 2.01. The molecule has 1 rings (SSSR count). The largest absolute Gasteiger partial charge is 0.380 e. The van der Waals surface area contributed by atoms with Crippen LogP contribution in [0.1, 0.15) is 27.2 Å². The second-order valence-electron chi connectivity index (χ2n) is 4.07. The zero-order valence-corrected chi connectivity index (χ0v) is 7.68. The molecule has 0 aromatic heterocycles. The van der Waals surface area contributed by atoms with Gasteiger partial charge in [0, 0.05) is 13.0 Å². The quantitative estimate of drug-likeness (QED) is 0.607. The summed E-state index contributed by atoms with van der Waals surface area (Å²) < 4.78 is 5.25. The van der Waals surface area contributed by atoms with Gasteiger partial charge in [0.25, 0.3) is 0 Å². The van der Waals surface area contributed by atoms with Gasteiger partial charge in [-0.3, -0.25) is 4.79 Å². The molecule has 1 aliphatic rings. The summed E-state index contributed by atoms with van der Waals surface area (Å²) in [5.74, 6) is 0.408. The molecule has 2 nitrogen and oxygen atoms in total. The third-order valence-electron chi connectivity index (χ3n) is 2.66. The highest BCUT2D eigenvalue weighted by atomic mass is 16.5. The fraction of sp³-hybridized carbons (Fsp3) is 0.889. The van der Waals surface area contributed by atoms with E-state index in [0.29, 0.717) is 0 Å². The van der Waals surface area contributed by atoms with Crippen molar-refractivity contribution < 1.29 is 9.53 Å². The van der Waals surface area contributed by atoms with Crippen LogP contribution in [0, 0.1) is 11.3 Å². The zero-order chi connectivity index (χ0) is 8.65. The maximum absolute atomic E-state index is 11.0. The second-order valence-corrected chi connectivity index (χ2v) is 4.07. The summed E-state index contributed by atoms with van der Waals surface area (Å²) in [5.41, 5.74) is 0.199. The number of Topliss-reactive ketones (excluding diaryl/α,β-unsaturated/α-hetero) is 1. The molecule has 1 saturated carbocycles. The molecule has 0 spiro atoms. The van der Waals surface area contributed by atoms with Crippen LogP contribution < -0.4 is 0 Å². The molecule has 0 aromatic rings. The van der Waals surface area contributed by atoms with Crippen molar-refractivity contribution in [2.75, 3.05) is 7.11 Å². The molecule has 0 saturated heterocycles. The lowest BCUT2D eigenvalue weighted by Gasteiger charge is -2.49. The van der Waals surface area contributed by atoms with E-state index in [-0.39, 0.29) is 23.2 Å². The summed E-state index contributed by atoms with van der Waals surface area (Å²) in [6.07, 6.45) is 1.11. The molecule has 11 heavy (non-hydrogen) atoms. The normalized spacial score (nSPS) is 34.5. The molecule has 1 aliphatic carbocycles. The Morgan fingerprint density at radius 1 is 1.55 bits per heavy atom. The Labute approximate surface area is 67.9 Å². The van der Waals surface area contributed by atoms with E-state index in [4.69, 9.17) is 4.74 Å². The van der Waals surface area contributed by atoms with E-state index in [1.54, 1.807) is 14.0 Å². The van der Waals surface area contributed by atoms with Crippen LogP contribution in [0.25, 0.3) is 0 Å². The summed E-state index contributed by atoms with van der Waals surface area (Å²) in [7, 11) is 1.68. The number of methoxy groups -OCH3 is 1. The SMILES string of the molecule is COC1C(C(C)=O)CC1(C)C. The summed E-state index contributed by atoms with van der Waals surface area (Å²) in [6.45, 7) is 5.92. The lowest BCUT2D eigenvalue weighted by Crippen LogP contribution is -2.52. The number of rotatable bonds is 2. The van der Waals surface area contributed by atoms with Gasteiger partial charge in [-0.1, -0.05) is 13.8 Å². The van der Waals surface area contributed by atoms with E-state index in [1.807, 2.05) is 0 Å². The highest BCUT2D eigenvalue weighted by Crippen LogP contribution is 2.47. The molecule has 0 amide bonds. The van der Waals surface area contributed by atoms with Crippen molar-refractivity contribution in [2.24, 2.45) is 11.3 Å². The fourth-order valence-electron chi connectivity index (χ4n) is 2.01. The zero-order valence-electron chi connectivity index (χ0n) is 7.68. The maximum atomic E-state index is 11.0. The number of ketones is 1. The lowest BCUT2D eigenvalue weighted by atomic mass is 9.60. The molecule has 0 N–H and O–H groups in total. The van der Waals surface area contributed by atoms with Gasteiger partial charge in [-0.25, -0.2) is 0 Å². The van der Waals surface area contributed by atoms with E-state index < -0.39 is 0 Å². The smallest absolute Gasteiger partial charge is 0.135 e. The van der Waals surface area contributed by atoms with Crippen molar-refractivity contribution in [3.63, 3.8) is 0 Å². The Balaban J connectivity index is 2.60. The maximum Gasteiger partial charge on any atom is 0.135 e. The second kappa shape index (κ2) is 2.59. The summed E-state index contributed by atoms with van der Waals surface area (Å²) in [6, 6.07) is 0. The number of ether oxygens (including phenoxy) is 1. The first-order valence-electron chi connectivity index (χ1n) is 4.02. The van der Waals surface area contributed by atoms with Crippen molar-refractivity contribution in [3.8, 4) is 0 Å². The van der Waals surface area contributed by atoms with Gasteiger partial charge in [0.1, 0.15) is 5.78 Å². The van der Waals surface area contributed by atoms with Gasteiger partial charge in [0.15, 0.2) is 0 Å². The summed E-state index contributed by atoms with van der Waals surface area (Å²) in [5, 5.41) is 0. The van der Waals surface area contributed by atoms with Crippen LogP contribution in [0.3, 0.4) is 0 Å². The molecule has 0 aliphatic heterocycles. The van der Waals surface area contributed by atoms with Crippen LogP contribution in [0.15, 0.2) is 0 Å². The van der Waals surface area contributed by atoms with Crippen molar-refractivity contribution in [1.82, 2.24) is 0 Å². The van der Waals surface area contributed by atoms with E-state index in [9.17, 15) is 4.79 Å². The lowest BCUT2D eigenvalue weighted by molar-refractivity contribution is -0.153. The highest BCUT2D eigenvalue weighted by Gasteiger charge is 2.49. The van der Waals surface area contributed by atoms with Gasteiger partial charge in [-0.15, -0.1) is 0 Å². The molecule has 64 valence electrons. The average Bonchev–Trinajstić information content (AvgIpc) is 1.84. The number of hydrogen-bond acceptors (Lipinski definition) is 2. The minimum Gasteiger partial charge on any atom is -0.380 e. The standard InChI is InChI=1S/C9H16O2/c1-6(10)7-5-9(2,3)8(7)11-4/h7-8H,5H2,1-4H3. The van der Waals surface area contributed by atoms with Crippen LogP contribution in [0.4, 0.5) is 0 Å². The first-order chi connectivity index (χ1) is 4.99. The van der Waals surface area contributed by atoms with Gasteiger partial charge in [0.05, 0.1) is 6.10 Å². The van der Waals surface area contributed by atoms with Crippen molar-refractivity contribution in [3.05, 3.63) is 0 Å². The molecule has 2 heteroatoms. The molecule has 2 atom stereocenters. The number of carbonyl (C=O) groups excluding carboxylic acids is 1. The Kier molecular flexibility index (Phi) is 2.06. The van der Waals surface area contributed by atoms with Crippen LogP contribution in [0.5, 0.6) is 0 Å². The summed E-state index contributed by atoms with van der Waals surface area (Å²) >= 11 is 0. The molecule has 2 unspecified atom stereocenters. The Morgan fingerprint density at radius 2 is 2.09 bits per heavy atom. The van der Waals surface area contributed by atoms with Crippen LogP contribution >= 0.6 is 0 Å². The molecule has 0 bridgehead atoms. The molecular weight excluding hydrogens is 140 g/mol. The topological polar surface area (TPSA) is 26.3 Å². The van der Waals surface area contributed by atoms with Crippen LogP contribution in [-0.4, -0.2) is 19.0 Å². The molecule has 0 radical (unpaired) electrons.